The predicted octanol–water partition coefficient (Wildman–Crippen LogP) is 4.90. The first kappa shape index (κ1) is 25.4. The Hall–Kier alpha value is -3.65. The van der Waals surface area contributed by atoms with Crippen molar-refractivity contribution in [1.29, 1.82) is 0 Å². The standard InChI is InChI=1S/C28H31FN2O5/c1-19-24(20(2)36-31-19)17-35-25-9-7-21(15-26(25)33-3)8-10-27(32)30-18-28(11-13-34-14-12-28)22-5-4-6-23(29)16-22/h4-10,15-16H,11-14,17-18H2,1-3H3,(H,30,32)/b10-8+. The van der Waals surface area contributed by atoms with E-state index >= 15 is 0 Å². The lowest BCUT2D eigenvalue weighted by molar-refractivity contribution is -0.116. The van der Waals surface area contributed by atoms with Gasteiger partial charge in [0.2, 0.25) is 5.91 Å². The Labute approximate surface area is 210 Å². The van der Waals surface area contributed by atoms with Crippen LogP contribution in [0.2, 0.25) is 0 Å². The molecule has 0 spiro atoms. The largest absolute Gasteiger partial charge is 0.493 e. The molecule has 1 aromatic heterocycles. The molecule has 1 amide bonds. The highest BCUT2D eigenvalue weighted by Gasteiger charge is 2.35. The summed E-state index contributed by atoms with van der Waals surface area (Å²) in [6, 6.07) is 12.1. The van der Waals surface area contributed by atoms with Gasteiger partial charge in [-0.2, -0.15) is 0 Å². The number of methoxy groups -OCH3 is 1. The lowest BCUT2D eigenvalue weighted by Crippen LogP contribution is -2.44. The van der Waals surface area contributed by atoms with Crippen molar-refractivity contribution in [3.8, 4) is 11.5 Å². The van der Waals surface area contributed by atoms with Crippen molar-refractivity contribution in [3.63, 3.8) is 0 Å². The van der Waals surface area contributed by atoms with Crippen molar-refractivity contribution in [2.24, 2.45) is 0 Å². The van der Waals surface area contributed by atoms with E-state index in [1.807, 2.05) is 26.0 Å². The van der Waals surface area contributed by atoms with Gasteiger partial charge in [0.15, 0.2) is 11.5 Å². The summed E-state index contributed by atoms with van der Waals surface area (Å²) in [5, 5.41) is 6.93. The minimum absolute atomic E-state index is 0.227. The van der Waals surface area contributed by atoms with Gasteiger partial charge < -0.3 is 24.1 Å². The SMILES string of the molecule is COc1cc(/C=C/C(=O)NCC2(c3cccc(F)c3)CCOCC2)ccc1OCc1c(C)noc1C. The molecule has 0 saturated carbocycles. The number of carbonyl (C=O) groups excluding carboxylic acids is 1. The second-order valence-corrected chi connectivity index (χ2v) is 8.96. The highest BCUT2D eigenvalue weighted by Crippen LogP contribution is 2.35. The number of amides is 1. The van der Waals surface area contributed by atoms with Gasteiger partial charge in [-0.1, -0.05) is 23.4 Å². The molecule has 2 heterocycles. The predicted molar refractivity (Wildman–Crippen MR) is 133 cm³/mol. The van der Waals surface area contributed by atoms with E-state index < -0.39 is 0 Å². The Kier molecular flexibility index (Phi) is 8.05. The van der Waals surface area contributed by atoms with Gasteiger partial charge in [0.05, 0.1) is 18.4 Å². The summed E-state index contributed by atoms with van der Waals surface area (Å²) >= 11 is 0. The molecule has 2 aromatic carbocycles. The van der Waals surface area contributed by atoms with Crippen molar-refractivity contribution in [2.45, 2.75) is 38.7 Å². The van der Waals surface area contributed by atoms with Crippen LogP contribution in [0.5, 0.6) is 11.5 Å². The monoisotopic (exact) mass is 494 g/mol. The smallest absolute Gasteiger partial charge is 0.244 e. The van der Waals surface area contributed by atoms with Gasteiger partial charge in [0.1, 0.15) is 18.2 Å². The third-order valence-corrected chi connectivity index (χ3v) is 6.66. The minimum atomic E-state index is -0.354. The molecule has 0 bridgehead atoms. The number of nitrogens with zero attached hydrogens (tertiary/aromatic N) is 1. The number of aromatic nitrogens is 1. The van der Waals surface area contributed by atoms with Crippen LogP contribution in [0.25, 0.3) is 6.08 Å². The summed E-state index contributed by atoms with van der Waals surface area (Å²) in [4.78, 5) is 12.6. The number of carbonyl (C=O) groups is 1. The van der Waals surface area contributed by atoms with Crippen LogP contribution in [-0.4, -0.2) is 37.9 Å². The number of benzene rings is 2. The molecule has 190 valence electrons. The van der Waals surface area contributed by atoms with Crippen molar-refractivity contribution in [1.82, 2.24) is 10.5 Å². The van der Waals surface area contributed by atoms with Crippen LogP contribution >= 0.6 is 0 Å². The van der Waals surface area contributed by atoms with E-state index in [2.05, 4.69) is 10.5 Å². The highest BCUT2D eigenvalue weighted by molar-refractivity contribution is 5.91. The fraction of sp³-hybridized carbons (Fsp3) is 0.357. The maximum atomic E-state index is 13.9. The summed E-state index contributed by atoms with van der Waals surface area (Å²) in [7, 11) is 1.57. The molecule has 3 aromatic rings. The van der Waals surface area contributed by atoms with Crippen LogP contribution in [0.15, 0.2) is 53.1 Å². The molecule has 0 unspecified atom stereocenters. The zero-order valence-electron chi connectivity index (χ0n) is 20.8. The Balaban J connectivity index is 1.39. The summed E-state index contributed by atoms with van der Waals surface area (Å²) in [6.45, 7) is 5.58. The lowest BCUT2D eigenvalue weighted by Gasteiger charge is -2.37. The summed E-state index contributed by atoms with van der Waals surface area (Å²) in [6.07, 6.45) is 4.63. The molecular formula is C28H31FN2O5. The number of hydrogen-bond donors (Lipinski definition) is 1. The van der Waals surface area contributed by atoms with E-state index in [4.69, 9.17) is 18.7 Å². The summed E-state index contributed by atoms with van der Waals surface area (Å²) in [5.74, 6) is 1.34. The average molecular weight is 495 g/mol. The first-order valence-corrected chi connectivity index (χ1v) is 11.9. The van der Waals surface area contributed by atoms with E-state index in [9.17, 15) is 9.18 Å². The van der Waals surface area contributed by atoms with Gasteiger partial charge in [0, 0.05) is 31.2 Å². The highest BCUT2D eigenvalue weighted by atomic mass is 19.1. The van der Waals surface area contributed by atoms with Gasteiger partial charge >= 0.3 is 0 Å². The van der Waals surface area contributed by atoms with Crippen LogP contribution in [0.3, 0.4) is 0 Å². The van der Waals surface area contributed by atoms with Gasteiger partial charge in [-0.15, -0.1) is 0 Å². The molecule has 1 saturated heterocycles. The van der Waals surface area contributed by atoms with Gasteiger partial charge in [-0.3, -0.25) is 4.79 Å². The average Bonchev–Trinajstić information content (AvgIpc) is 3.22. The third-order valence-electron chi connectivity index (χ3n) is 6.66. The molecule has 8 heteroatoms. The molecule has 1 fully saturated rings. The molecule has 0 aliphatic carbocycles. The topological polar surface area (TPSA) is 82.8 Å². The van der Waals surface area contributed by atoms with E-state index in [0.717, 1.165) is 28.1 Å². The number of ether oxygens (including phenoxy) is 3. The molecule has 1 aliphatic rings. The maximum Gasteiger partial charge on any atom is 0.244 e. The number of hydrogen-bond acceptors (Lipinski definition) is 6. The van der Waals surface area contributed by atoms with Crippen LogP contribution in [0.1, 0.15) is 41.0 Å². The molecule has 1 aliphatic heterocycles. The van der Waals surface area contributed by atoms with Gasteiger partial charge in [-0.05, 0) is 68.2 Å². The fourth-order valence-corrected chi connectivity index (χ4v) is 4.40. The zero-order chi connectivity index (χ0) is 25.5. The van der Waals surface area contributed by atoms with E-state index in [1.165, 1.54) is 12.1 Å². The molecule has 36 heavy (non-hydrogen) atoms. The molecule has 0 atom stereocenters. The molecule has 7 nitrogen and oxygen atoms in total. The normalized spacial score (nSPS) is 15.1. The Morgan fingerprint density at radius 1 is 1.17 bits per heavy atom. The van der Waals surface area contributed by atoms with Crippen LogP contribution in [0.4, 0.5) is 4.39 Å². The Morgan fingerprint density at radius 2 is 1.97 bits per heavy atom. The van der Waals surface area contributed by atoms with Gasteiger partial charge in [-0.25, -0.2) is 4.39 Å². The van der Waals surface area contributed by atoms with Crippen LogP contribution in [0, 0.1) is 19.7 Å². The van der Waals surface area contributed by atoms with Crippen molar-refractivity contribution in [3.05, 3.63) is 82.5 Å². The second-order valence-electron chi connectivity index (χ2n) is 8.96. The van der Waals surface area contributed by atoms with Crippen LogP contribution < -0.4 is 14.8 Å². The Morgan fingerprint density at radius 3 is 2.67 bits per heavy atom. The van der Waals surface area contributed by atoms with E-state index in [1.54, 1.807) is 37.5 Å². The number of rotatable bonds is 9. The quantitative estimate of drug-likeness (QED) is 0.426. The molecule has 0 radical (unpaired) electrons. The number of halogens is 1. The number of nitrogens with one attached hydrogen (secondary N) is 1. The van der Waals surface area contributed by atoms with Crippen molar-refractivity contribution in [2.75, 3.05) is 26.9 Å². The van der Waals surface area contributed by atoms with Crippen molar-refractivity contribution >= 4 is 12.0 Å². The van der Waals surface area contributed by atoms with E-state index in [0.29, 0.717) is 50.7 Å². The third kappa shape index (κ3) is 5.94. The van der Waals surface area contributed by atoms with Gasteiger partial charge in [0.25, 0.3) is 0 Å². The molecule has 4 rings (SSSR count). The summed E-state index contributed by atoms with van der Waals surface area (Å²) < 4.78 is 36.0. The zero-order valence-corrected chi connectivity index (χ0v) is 20.8. The summed E-state index contributed by atoms with van der Waals surface area (Å²) in [5.41, 5.74) is 3.01. The van der Waals surface area contributed by atoms with Crippen molar-refractivity contribution < 1.29 is 27.9 Å². The van der Waals surface area contributed by atoms with E-state index in [-0.39, 0.29) is 17.1 Å². The first-order chi connectivity index (χ1) is 17.4. The fourth-order valence-electron chi connectivity index (χ4n) is 4.40. The number of aryl methyl sites for hydroxylation is 2. The first-order valence-electron chi connectivity index (χ1n) is 11.9. The lowest BCUT2D eigenvalue weighted by atomic mass is 9.74. The molecule has 1 N–H and O–H groups in total. The van der Waals surface area contributed by atoms with Crippen LogP contribution in [-0.2, 0) is 21.6 Å². The minimum Gasteiger partial charge on any atom is -0.493 e. The maximum absolute atomic E-state index is 13.9. The Bertz CT molecular complexity index is 1210. The molecular weight excluding hydrogens is 463 g/mol. The second kappa shape index (κ2) is 11.4.